The lowest BCUT2D eigenvalue weighted by Gasteiger charge is -2.36. The van der Waals surface area contributed by atoms with Crippen molar-refractivity contribution in [3.05, 3.63) is 0 Å². The lowest BCUT2D eigenvalue weighted by atomic mass is 9.99. The SMILES string of the molecule is CC(C)[C@H](N)C(=O)N(C)C(C)(C)CO. The first kappa shape index (κ1) is 13.4. The van der Waals surface area contributed by atoms with Crippen molar-refractivity contribution in [2.75, 3.05) is 13.7 Å². The van der Waals surface area contributed by atoms with E-state index < -0.39 is 11.6 Å². The van der Waals surface area contributed by atoms with E-state index in [1.165, 1.54) is 4.90 Å². The van der Waals surface area contributed by atoms with E-state index in [1.807, 2.05) is 13.8 Å². The standard InChI is InChI=1S/C10H22N2O2/c1-7(2)8(11)9(14)12(5)10(3,4)6-13/h7-8,13H,6,11H2,1-5H3/t8-/m0/s1. The molecule has 0 aliphatic rings. The van der Waals surface area contributed by atoms with Gasteiger partial charge in [-0.1, -0.05) is 13.8 Å². The maximum absolute atomic E-state index is 11.8. The predicted molar refractivity (Wildman–Crippen MR) is 56.7 cm³/mol. The van der Waals surface area contributed by atoms with Gasteiger partial charge in [-0.2, -0.15) is 0 Å². The molecule has 0 aromatic carbocycles. The van der Waals surface area contributed by atoms with E-state index in [4.69, 9.17) is 10.8 Å². The number of nitrogens with two attached hydrogens (primary N) is 1. The van der Waals surface area contributed by atoms with E-state index in [0.29, 0.717) is 0 Å². The van der Waals surface area contributed by atoms with Gasteiger partial charge < -0.3 is 15.7 Å². The Bertz CT molecular complexity index is 202. The molecule has 0 rings (SSSR count). The van der Waals surface area contributed by atoms with Crippen molar-refractivity contribution in [3.8, 4) is 0 Å². The Labute approximate surface area is 86.1 Å². The molecule has 4 heteroatoms. The number of carbonyl (C=O) groups is 1. The number of hydrogen-bond acceptors (Lipinski definition) is 3. The van der Waals surface area contributed by atoms with E-state index in [-0.39, 0.29) is 18.4 Å². The molecule has 1 amide bonds. The summed E-state index contributed by atoms with van der Waals surface area (Å²) in [6.07, 6.45) is 0. The first-order chi connectivity index (χ1) is 6.24. The summed E-state index contributed by atoms with van der Waals surface area (Å²) >= 11 is 0. The summed E-state index contributed by atoms with van der Waals surface area (Å²) in [5, 5.41) is 9.10. The highest BCUT2D eigenvalue weighted by Crippen LogP contribution is 2.14. The second kappa shape index (κ2) is 4.75. The Morgan fingerprint density at radius 1 is 1.50 bits per heavy atom. The molecule has 0 aliphatic heterocycles. The van der Waals surface area contributed by atoms with Gasteiger partial charge in [-0.25, -0.2) is 0 Å². The molecular weight excluding hydrogens is 180 g/mol. The van der Waals surface area contributed by atoms with Crippen molar-refractivity contribution in [2.45, 2.75) is 39.3 Å². The molecule has 0 radical (unpaired) electrons. The molecule has 0 saturated heterocycles. The fourth-order valence-electron chi connectivity index (χ4n) is 0.913. The van der Waals surface area contributed by atoms with E-state index >= 15 is 0 Å². The zero-order valence-corrected chi connectivity index (χ0v) is 9.74. The molecule has 4 nitrogen and oxygen atoms in total. The average molecular weight is 202 g/mol. The van der Waals surface area contributed by atoms with Crippen LogP contribution in [0.2, 0.25) is 0 Å². The second-order valence-corrected chi connectivity index (χ2v) is 4.64. The molecule has 0 saturated carbocycles. The third-order valence-corrected chi connectivity index (χ3v) is 2.63. The number of likely N-dealkylation sites (N-methyl/N-ethyl adjacent to an activating group) is 1. The van der Waals surface area contributed by atoms with Crippen LogP contribution in [0.3, 0.4) is 0 Å². The minimum Gasteiger partial charge on any atom is -0.394 e. The van der Waals surface area contributed by atoms with E-state index in [2.05, 4.69) is 0 Å². The fourth-order valence-corrected chi connectivity index (χ4v) is 0.913. The van der Waals surface area contributed by atoms with E-state index in [0.717, 1.165) is 0 Å². The lowest BCUT2D eigenvalue weighted by molar-refractivity contribution is -0.138. The van der Waals surface area contributed by atoms with Crippen molar-refractivity contribution in [1.29, 1.82) is 0 Å². The quantitative estimate of drug-likeness (QED) is 0.684. The summed E-state index contributed by atoms with van der Waals surface area (Å²) in [6.45, 7) is 7.35. The summed E-state index contributed by atoms with van der Waals surface area (Å²) in [5.74, 6) is -0.0153. The van der Waals surface area contributed by atoms with Gasteiger partial charge >= 0.3 is 0 Å². The van der Waals surface area contributed by atoms with Crippen LogP contribution in [0, 0.1) is 5.92 Å². The molecule has 3 N–H and O–H groups in total. The van der Waals surface area contributed by atoms with Crippen LogP contribution in [-0.2, 0) is 4.79 Å². The smallest absolute Gasteiger partial charge is 0.240 e. The maximum Gasteiger partial charge on any atom is 0.240 e. The molecule has 84 valence electrons. The molecule has 0 aliphatic carbocycles. The molecule has 0 bridgehead atoms. The zero-order valence-electron chi connectivity index (χ0n) is 9.74. The number of carbonyl (C=O) groups excluding carboxylic acids is 1. The second-order valence-electron chi connectivity index (χ2n) is 4.64. The number of aliphatic hydroxyl groups is 1. The molecule has 0 unspecified atom stereocenters. The number of aliphatic hydroxyl groups excluding tert-OH is 1. The number of nitrogens with zero attached hydrogens (tertiary/aromatic N) is 1. The molecule has 1 atom stereocenters. The number of hydrogen-bond donors (Lipinski definition) is 2. The summed E-state index contributed by atoms with van der Waals surface area (Å²) in [5.41, 5.74) is 5.19. The van der Waals surface area contributed by atoms with Gasteiger partial charge in [0, 0.05) is 7.05 Å². The minimum atomic E-state index is -0.552. The number of amides is 1. The highest BCUT2D eigenvalue weighted by atomic mass is 16.3. The minimum absolute atomic E-state index is 0.0694. The summed E-state index contributed by atoms with van der Waals surface area (Å²) in [6, 6.07) is -0.495. The highest BCUT2D eigenvalue weighted by molar-refractivity contribution is 5.82. The predicted octanol–water partition coefficient (Wildman–Crippen LogP) is 0.199. The normalized spacial score (nSPS) is 14.3. The fraction of sp³-hybridized carbons (Fsp3) is 0.900. The van der Waals surface area contributed by atoms with Crippen LogP contribution in [0.4, 0.5) is 0 Å². The van der Waals surface area contributed by atoms with Crippen molar-refractivity contribution < 1.29 is 9.90 Å². The Balaban J connectivity index is 4.55. The number of rotatable bonds is 4. The van der Waals surface area contributed by atoms with E-state index in [1.54, 1.807) is 20.9 Å². The maximum atomic E-state index is 11.8. The summed E-state index contributed by atoms with van der Waals surface area (Å²) < 4.78 is 0. The molecule has 0 fully saturated rings. The largest absolute Gasteiger partial charge is 0.394 e. The average Bonchev–Trinajstić information content (AvgIpc) is 2.14. The van der Waals surface area contributed by atoms with Gasteiger partial charge in [0.05, 0.1) is 18.2 Å². The third kappa shape index (κ3) is 2.96. The Kier molecular flexibility index (Phi) is 4.55. The molecule has 0 heterocycles. The molecule has 0 spiro atoms. The van der Waals surface area contributed by atoms with E-state index in [9.17, 15) is 4.79 Å². The zero-order chi connectivity index (χ0) is 11.5. The van der Waals surface area contributed by atoms with Crippen LogP contribution in [-0.4, -0.2) is 41.1 Å². The van der Waals surface area contributed by atoms with Gasteiger partial charge in [0.25, 0.3) is 0 Å². The van der Waals surface area contributed by atoms with Gasteiger partial charge in [-0.15, -0.1) is 0 Å². The van der Waals surface area contributed by atoms with Crippen molar-refractivity contribution >= 4 is 5.91 Å². The lowest BCUT2D eigenvalue weighted by Crippen LogP contribution is -2.54. The van der Waals surface area contributed by atoms with Gasteiger partial charge in [-0.3, -0.25) is 4.79 Å². The van der Waals surface area contributed by atoms with Crippen molar-refractivity contribution in [3.63, 3.8) is 0 Å². The van der Waals surface area contributed by atoms with Gasteiger partial charge in [0.2, 0.25) is 5.91 Å². The monoisotopic (exact) mass is 202 g/mol. The Morgan fingerprint density at radius 2 is 1.93 bits per heavy atom. The van der Waals surface area contributed by atoms with Gasteiger partial charge in [0.1, 0.15) is 0 Å². The Morgan fingerprint density at radius 3 is 2.21 bits per heavy atom. The van der Waals surface area contributed by atoms with Crippen LogP contribution >= 0.6 is 0 Å². The van der Waals surface area contributed by atoms with Crippen LogP contribution in [0.5, 0.6) is 0 Å². The van der Waals surface area contributed by atoms with Crippen LogP contribution in [0.15, 0.2) is 0 Å². The first-order valence-corrected chi connectivity index (χ1v) is 4.88. The topological polar surface area (TPSA) is 66.6 Å². The van der Waals surface area contributed by atoms with Gasteiger partial charge in [-0.05, 0) is 19.8 Å². The molecule has 14 heavy (non-hydrogen) atoms. The molecule has 0 aromatic heterocycles. The van der Waals surface area contributed by atoms with Gasteiger partial charge in [0.15, 0.2) is 0 Å². The highest BCUT2D eigenvalue weighted by Gasteiger charge is 2.30. The molecular formula is C10H22N2O2. The Hall–Kier alpha value is -0.610. The van der Waals surface area contributed by atoms with Crippen molar-refractivity contribution in [1.82, 2.24) is 4.90 Å². The summed E-state index contributed by atoms with van der Waals surface area (Å²) in [4.78, 5) is 13.3. The van der Waals surface area contributed by atoms with Crippen LogP contribution in [0.1, 0.15) is 27.7 Å². The molecule has 0 aromatic rings. The van der Waals surface area contributed by atoms with Crippen LogP contribution < -0.4 is 5.73 Å². The van der Waals surface area contributed by atoms with Crippen molar-refractivity contribution in [2.24, 2.45) is 11.7 Å². The summed E-state index contributed by atoms with van der Waals surface area (Å²) in [7, 11) is 1.67. The first-order valence-electron chi connectivity index (χ1n) is 4.88. The van der Waals surface area contributed by atoms with Crippen LogP contribution in [0.25, 0.3) is 0 Å². The third-order valence-electron chi connectivity index (χ3n) is 2.63.